The van der Waals surface area contributed by atoms with Gasteiger partial charge >= 0.3 is 0 Å². The van der Waals surface area contributed by atoms with Crippen molar-refractivity contribution in [3.63, 3.8) is 0 Å². The molecule has 1 atom stereocenters. The first-order valence-corrected chi connectivity index (χ1v) is 10.9. The van der Waals surface area contributed by atoms with Crippen LogP contribution in [0.3, 0.4) is 0 Å². The molecular formula is C26H26FeO2PPd-. The third-order valence-corrected chi connectivity index (χ3v) is 6.85. The van der Waals surface area contributed by atoms with Crippen LogP contribution in [0, 0.1) is 63.7 Å². The predicted molar refractivity (Wildman–Crippen MR) is 123 cm³/mol. The van der Waals surface area contributed by atoms with Crippen LogP contribution in [0.2, 0.25) is 0 Å². The Morgan fingerprint density at radius 2 is 1.23 bits per heavy atom. The van der Waals surface area contributed by atoms with E-state index >= 15 is 0 Å². The molecule has 2 aliphatic carbocycles. The van der Waals surface area contributed by atoms with Gasteiger partial charge in [0, 0.05) is 44.4 Å². The summed E-state index contributed by atoms with van der Waals surface area (Å²) in [6.45, 7) is 3.40. The average molecular weight is 564 g/mol. The maximum atomic E-state index is 9.00. The SMILES string of the molecule is CC(=O)O.CC([C]1[C-][CH][CH][CH]1)P(c1ccccc1)c1ccccc1.[CH]1[CH][CH][CH][CH]1.[Fe].[Pd]. The van der Waals surface area contributed by atoms with E-state index < -0.39 is 13.9 Å². The van der Waals surface area contributed by atoms with Crippen molar-refractivity contribution in [2.45, 2.75) is 19.5 Å². The minimum atomic E-state index is -0.833. The fourth-order valence-corrected chi connectivity index (χ4v) is 5.46. The normalized spacial score (nSPS) is 16.0. The monoisotopic (exact) mass is 563 g/mol. The summed E-state index contributed by atoms with van der Waals surface area (Å²) in [5, 5.41) is 10.3. The number of aliphatic carboxylic acids is 1. The van der Waals surface area contributed by atoms with Crippen LogP contribution in [-0.4, -0.2) is 16.7 Å². The summed E-state index contributed by atoms with van der Waals surface area (Å²) in [6.07, 6.45) is 19.6. The van der Waals surface area contributed by atoms with E-state index in [1.165, 1.54) is 16.5 Å². The number of rotatable bonds is 4. The van der Waals surface area contributed by atoms with Crippen molar-refractivity contribution >= 4 is 24.5 Å². The fourth-order valence-electron chi connectivity index (χ4n) is 2.84. The van der Waals surface area contributed by atoms with Gasteiger partial charge in [-0.05, 0) is 56.3 Å². The molecule has 2 aliphatic rings. The summed E-state index contributed by atoms with van der Waals surface area (Å²) in [5.41, 5.74) is 0.477. The fraction of sp³-hybridized carbons (Fsp3) is 0.115. The summed E-state index contributed by atoms with van der Waals surface area (Å²) in [5.74, 6) is 0.476. The van der Waals surface area contributed by atoms with Crippen LogP contribution in [0.15, 0.2) is 60.7 Å². The molecule has 10 radical (unpaired) electrons. The van der Waals surface area contributed by atoms with Crippen molar-refractivity contribution in [2.24, 2.45) is 0 Å². The van der Waals surface area contributed by atoms with Crippen LogP contribution >= 0.6 is 7.92 Å². The van der Waals surface area contributed by atoms with E-state index in [0.717, 1.165) is 6.92 Å². The van der Waals surface area contributed by atoms with Crippen molar-refractivity contribution in [2.75, 3.05) is 0 Å². The standard InChI is InChI=1S/C19H17P.C5H5.C2H4O2.Fe.Pd/c1-16(17-10-8-9-11-17)20(18-12-4-2-5-13-18)19-14-6-3-7-15-19;1-2-4-5-3-1;1-2(3)4;;/h2-10,12-16H,1H3;1-5H;1H3,(H,3,4);;/q-1;;;;. The van der Waals surface area contributed by atoms with Gasteiger partial charge < -0.3 is 11.5 Å². The maximum Gasteiger partial charge on any atom is 0.300 e. The van der Waals surface area contributed by atoms with E-state index in [9.17, 15) is 0 Å². The number of carboxylic acid groups (broad SMARTS) is 1. The van der Waals surface area contributed by atoms with Gasteiger partial charge in [0.15, 0.2) is 0 Å². The predicted octanol–water partition coefficient (Wildman–Crippen LogP) is 4.90. The topological polar surface area (TPSA) is 37.3 Å². The van der Waals surface area contributed by atoms with Crippen LogP contribution in [0.25, 0.3) is 0 Å². The molecule has 166 valence electrons. The molecule has 5 heteroatoms. The van der Waals surface area contributed by atoms with E-state index in [4.69, 9.17) is 9.90 Å². The first-order valence-electron chi connectivity index (χ1n) is 9.48. The molecule has 2 aromatic carbocycles. The van der Waals surface area contributed by atoms with Gasteiger partial charge in [0.05, 0.1) is 0 Å². The van der Waals surface area contributed by atoms with Crippen molar-refractivity contribution in [1.29, 1.82) is 0 Å². The van der Waals surface area contributed by atoms with Gasteiger partial charge in [-0.25, -0.2) is 6.42 Å². The summed E-state index contributed by atoms with van der Waals surface area (Å²) in [6, 6.07) is 21.7. The molecule has 2 nitrogen and oxygen atoms in total. The van der Waals surface area contributed by atoms with Gasteiger partial charge in [0.1, 0.15) is 0 Å². The molecule has 0 amide bonds. The summed E-state index contributed by atoms with van der Waals surface area (Å²) < 4.78 is 0. The quantitative estimate of drug-likeness (QED) is 0.327. The largest absolute Gasteiger partial charge is 0.481 e. The molecule has 0 saturated heterocycles. The van der Waals surface area contributed by atoms with Crippen LogP contribution in [-0.2, 0) is 42.3 Å². The first-order chi connectivity index (χ1) is 14.1. The Balaban J connectivity index is 0.000000691. The number of benzene rings is 2. The molecule has 2 fully saturated rings. The second-order valence-corrected chi connectivity index (χ2v) is 8.87. The Kier molecular flexibility index (Phi) is 17.7. The van der Waals surface area contributed by atoms with Gasteiger partial charge in [0.2, 0.25) is 0 Å². The first kappa shape index (κ1) is 30.5. The Labute approximate surface area is 214 Å². The average Bonchev–Trinajstić information content (AvgIpc) is 3.46. The zero-order valence-electron chi connectivity index (χ0n) is 17.4. The third kappa shape index (κ3) is 11.8. The molecule has 0 aliphatic heterocycles. The van der Waals surface area contributed by atoms with Crippen molar-refractivity contribution in [3.05, 3.63) is 124 Å². The van der Waals surface area contributed by atoms with Gasteiger partial charge in [0.25, 0.3) is 5.97 Å². The van der Waals surface area contributed by atoms with Crippen molar-refractivity contribution in [3.8, 4) is 0 Å². The molecular weight excluding hydrogens is 538 g/mol. The van der Waals surface area contributed by atoms with E-state index in [0.29, 0.717) is 5.66 Å². The Bertz CT molecular complexity index is 638. The van der Waals surface area contributed by atoms with E-state index in [1.54, 1.807) is 0 Å². The second-order valence-electron chi connectivity index (χ2n) is 6.32. The molecule has 0 aromatic heterocycles. The second kappa shape index (κ2) is 18.0. The van der Waals surface area contributed by atoms with Gasteiger partial charge in [-0.2, -0.15) is 5.92 Å². The molecule has 2 aromatic rings. The molecule has 0 heterocycles. The molecule has 2 saturated carbocycles. The number of hydrogen-bond acceptors (Lipinski definition) is 1. The van der Waals surface area contributed by atoms with Crippen LogP contribution < -0.4 is 10.6 Å². The van der Waals surface area contributed by atoms with Crippen LogP contribution in [0.1, 0.15) is 13.8 Å². The van der Waals surface area contributed by atoms with E-state index in [2.05, 4.69) is 86.8 Å². The zero-order valence-corrected chi connectivity index (χ0v) is 21.0. The van der Waals surface area contributed by atoms with Crippen LogP contribution in [0.4, 0.5) is 0 Å². The molecule has 4 rings (SSSR count). The number of carbonyl (C=O) groups is 1. The maximum absolute atomic E-state index is 9.00. The van der Waals surface area contributed by atoms with Crippen molar-refractivity contribution in [1.82, 2.24) is 0 Å². The van der Waals surface area contributed by atoms with Gasteiger partial charge in [-0.3, -0.25) is 4.79 Å². The summed E-state index contributed by atoms with van der Waals surface area (Å²) >= 11 is 0. The van der Waals surface area contributed by atoms with E-state index in [1.807, 2.05) is 38.5 Å². The summed E-state index contributed by atoms with van der Waals surface area (Å²) in [4.78, 5) is 9.00. The third-order valence-electron chi connectivity index (χ3n) is 4.08. The molecule has 0 spiro atoms. The molecule has 31 heavy (non-hydrogen) atoms. The Hall–Kier alpha value is -0.478. The number of hydrogen-bond donors (Lipinski definition) is 1. The molecule has 1 unspecified atom stereocenters. The van der Waals surface area contributed by atoms with Crippen molar-refractivity contribution < 1.29 is 47.4 Å². The zero-order chi connectivity index (χ0) is 20.9. The minimum Gasteiger partial charge on any atom is -0.481 e. The number of carboxylic acids is 1. The Morgan fingerprint density at radius 1 is 0.839 bits per heavy atom. The van der Waals surface area contributed by atoms with Crippen LogP contribution in [0.5, 0.6) is 0 Å². The smallest absolute Gasteiger partial charge is 0.300 e. The Morgan fingerprint density at radius 3 is 1.55 bits per heavy atom. The molecule has 0 bridgehead atoms. The molecule has 1 N–H and O–H groups in total. The summed E-state index contributed by atoms with van der Waals surface area (Å²) in [7, 11) is -0.394. The minimum absolute atomic E-state index is 0. The van der Waals surface area contributed by atoms with Gasteiger partial charge in [-0.1, -0.05) is 80.4 Å². The van der Waals surface area contributed by atoms with Gasteiger partial charge in [-0.15, -0.1) is 0 Å². The van der Waals surface area contributed by atoms with E-state index in [-0.39, 0.29) is 37.5 Å².